The summed E-state index contributed by atoms with van der Waals surface area (Å²) in [7, 11) is 0. The van der Waals surface area contributed by atoms with E-state index in [0.29, 0.717) is 30.2 Å². The maximum atomic E-state index is 15.0. The van der Waals surface area contributed by atoms with E-state index < -0.39 is 28.7 Å². The Kier molecular flexibility index (Phi) is 9.64. The molecule has 2 aromatic carbocycles. The number of benzene rings is 2. The maximum absolute atomic E-state index is 15.0. The number of para-hydroxylation sites is 1. The van der Waals surface area contributed by atoms with Crippen LogP contribution >= 0.6 is 23.4 Å². The monoisotopic (exact) mass is 635 g/mol. The maximum Gasteiger partial charge on any atom is 0.251 e. The highest BCUT2D eigenvalue weighted by Crippen LogP contribution is 2.69. The zero-order valence-corrected chi connectivity index (χ0v) is 27.3. The Morgan fingerprint density at radius 3 is 2.45 bits per heavy atom. The molecule has 3 unspecified atom stereocenters. The number of rotatable bonds is 12. The molecule has 3 fully saturated rings. The summed E-state index contributed by atoms with van der Waals surface area (Å²) >= 11 is 8.33. The van der Waals surface area contributed by atoms with Gasteiger partial charge in [-0.3, -0.25) is 14.4 Å². The van der Waals surface area contributed by atoms with Crippen molar-refractivity contribution in [3.8, 4) is 0 Å². The lowest BCUT2D eigenvalue weighted by Gasteiger charge is -2.42. The summed E-state index contributed by atoms with van der Waals surface area (Å²) in [6.07, 6.45) is 4.57. The molecule has 1 N–H and O–H groups in total. The fourth-order valence-electron chi connectivity index (χ4n) is 7.76. The standard InChI is InChI=1S/C35H42ClN3O4S/c1-6-17-37(20-24-14-10-9-11-15-24)32(41)28-27-19-23(5)35(44-27)29(28)33(42)39(25(8-3)21-40)31(35)34(43)38(18-7-2)30-22(4)13-12-16-26(30)36/h6-7,9-16,23,25,27-29,31,40H,1-2,8,17-21H2,3-5H3/t23?,25-,27-,28+,29-,31?,35?/m0/s1. The summed E-state index contributed by atoms with van der Waals surface area (Å²) in [4.78, 5) is 49.2. The first kappa shape index (κ1) is 32.3. The van der Waals surface area contributed by atoms with Gasteiger partial charge in [-0.1, -0.05) is 80.1 Å². The number of aliphatic hydroxyl groups is 1. The fraction of sp³-hybridized carbons (Fsp3) is 0.457. The first-order valence-electron chi connectivity index (χ1n) is 15.4. The quantitative estimate of drug-likeness (QED) is 0.312. The SMILES string of the molecule is C=CCN(Cc1ccccc1)C(=O)[C@@H]1[C@@H]2CC(C)C3(S2)C(C(=O)N(CC=C)c2c(C)cccc2Cl)N([C@@H](CC)CO)C(=O)[C@H]13. The van der Waals surface area contributed by atoms with E-state index in [1.54, 1.807) is 44.7 Å². The molecule has 1 spiro atoms. The van der Waals surface area contributed by atoms with E-state index in [1.807, 2.05) is 56.3 Å². The van der Waals surface area contributed by atoms with Gasteiger partial charge in [0.05, 0.1) is 39.9 Å². The Hall–Kier alpha value is -3.07. The molecule has 9 heteroatoms. The highest BCUT2D eigenvalue weighted by molar-refractivity contribution is 8.02. The normalized spacial score (nSPS) is 27.6. The predicted octanol–water partition coefficient (Wildman–Crippen LogP) is 5.49. The number of fused-ring (bicyclic) bond motifs is 1. The van der Waals surface area contributed by atoms with Crippen LogP contribution in [0.2, 0.25) is 5.02 Å². The van der Waals surface area contributed by atoms with E-state index in [9.17, 15) is 19.5 Å². The summed E-state index contributed by atoms with van der Waals surface area (Å²) in [5.74, 6) is -1.86. The van der Waals surface area contributed by atoms with Crippen LogP contribution in [0.3, 0.4) is 0 Å². The summed E-state index contributed by atoms with van der Waals surface area (Å²) in [5, 5.41) is 10.8. The molecule has 3 aliphatic heterocycles. The van der Waals surface area contributed by atoms with Crippen LogP contribution in [0.15, 0.2) is 73.8 Å². The third kappa shape index (κ3) is 5.19. The van der Waals surface area contributed by atoms with Crippen LogP contribution in [0.5, 0.6) is 0 Å². The number of aryl methyl sites for hydroxylation is 1. The summed E-state index contributed by atoms with van der Waals surface area (Å²) in [5.41, 5.74) is 2.41. The molecule has 7 nitrogen and oxygen atoms in total. The molecule has 2 aromatic rings. The van der Waals surface area contributed by atoms with Gasteiger partial charge in [0, 0.05) is 24.9 Å². The van der Waals surface area contributed by atoms with E-state index in [2.05, 4.69) is 20.1 Å². The molecule has 44 heavy (non-hydrogen) atoms. The molecule has 3 saturated heterocycles. The second-order valence-electron chi connectivity index (χ2n) is 12.2. The van der Waals surface area contributed by atoms with E-state index in [1.165, 1.54) is 0 Å². The molecule has 0 aliphatic carbocycles. The van der Waals surface area contributed by atoms with Crippen molar-refractivity contribution in [2.45, 2.75) is 62.2 Å². The van der Waals surface area contributed by atoms with Crippen molar-refractivity contribution < 1.29 is 19.5 Å². The van der Waals surface area contributed by atoms with Gasteiger partial charge >= 0.3 is 0 Å². The average molecular weight is 636 g/mol. The smallest absolute Gasteiger partial charge is 0.251 e. The second-order valence-corrected chi connectivity index (χ2v) is 14.1. The Balaban J connectivity index is 1.61. The lowest BCUT2D eigenvalue weighted by atomic mass is 9.65. The van der Waals surface area contributed by atoms with Crippen molar-refractivity contribution in [1.82, 2.24) is 9.80 Å². The minimum atomic E-state index is -0.877. The highest BCUT2D eigenvalue weighted by Gasteiger charge is 2.77. The number of nitrogens with zero attached hydrogens (tertiary/aromatic N) is 3. The molecule has 3 heterocycles. The number of carbonyl (C=O) groups excluding carboxylic acids is 3. The van der Waals surface area contributed by atoms with Crippen LogP contribution in [0, 0.1) is 24.7 Å². The van der Waals surface area contributed by atoms with E-state index in [0.717, 1.165) is 17.5 Å². The van der Waals surface area contributed by atoms with Crippen molar-refractivity contribution in [2.75, 3.05) is 24.6 Å². The molecule has 2 bridgehead atoms. The lowest BCUT2D eigenvalue weighted by Crippen LogP contribution is -2.59. The van der Waals surface area contributed by atoms with Crippen molar-refractivity contribution in [2.24, 2.45) is 17.8 Å². The van der Waals surface area contributed by atoms with Crippen LogP contribution in [0.4, 0.5) is 5.69 Å². The van der Waals surface area contributed by atoms with Crippen molar-refractivity contribution >= 4 is 46.8 Å². The topological polar surface area (TPSA) is 81.2 Å². The minimum absolute atomic E-state index is 0.00875. The number of anilines is 1. The molecular weight excluding hydrogens is 594 g/mol. The van der Waals surface area contributed by atoms with Gasteiger partial charge in [0.25, 0.3) is 5.91 Å². The fourth-order valence-corrected chi connectivity index (χ4v) is 10.5. The highest BCUT2D eigenvalue weighted by atomic mass is 35.5. The van der Waals surface area contributed by atoms with Crippen LogP contribution in [0.25, 0.3) is 0 Å². The molecule has 7 atom stereocenters. The average Bonchev–Trinajstić information content (AvgIpc) is 3.61. The zero-order valence-electron chi connectivity index (χ0n) is 25.7. The Bertz CT molecular complexity index is 1410. The van der Waals surface area contributed by atoms with Crippen LogP contribution in [0.1, 0.15) is 37.8 Å². The molecular formula is C35H42ClN3O4S. The third-order valence-corrected chi connectivity index (χ3v) is 12.1. The Morgan fingerprint density at radius 2 is 1.84 bits per heavy atom. The van der Waals surface area contributed by atoms with E-state index >= 15 is 0 Å². The third-order valence-electron chi connectivity index (χ3n) is 9.69. The van der Waals surface area contributed by atoms with Gasteiger partial charge in [0.2, 0.25) is 11.8 Å². The molecule has 5 rings (SSSR count). The number of hydrogen-bond donors (Lipinski definition) is 1. The summed E-state index contributed by atoms with van der Waals surface area (Å²) < 4.78 is -0.830. The minimum Gasteiger partial charge on any atom is -0.394 e. The van der Waals surface area contributed by atoms with Crippen molar-refractivity contribution in [3.05, 3.63) is 90.0 Å². The number of aliphatic hydroxyl groups excluding tert-OH is 1. The molecule has 3 aliphatic rings. The summed E-state index contributed by atoms with van der Waals surface area (Å²) in [6, 6.07) is 13.9. The first-order valence-corrected chi connectivity index (χ1v) is 16.6. The number of thioether (sulfide) groups is 1. The van der Waals surface area contributed by atoms with Gasteiger partial charge in [-0.2, -0.15) is 0 Å². The molecule has 0 saturated carbocycles. The lowest BCUT2D eigenvalue weighted by molar-refractivity contribution is -0.146. The van der Waals surface area contributed by atoms with E-state index in [-0.39, 0.29) is 42.0 Å². The molecule has 3 amide bonds. The van der Waals surface area contributed by atoms with Gasteiger partial charge in [-0.15, -0.1) is 24.9 Å². The van der Waals surface area contributed by atoms with E-state index in [4.69, 9.17) is 11.6 Å². The van der Waals surface area contributed by atoms with Gasteiger partial charge in [0.1, 0.15) is 6.04 Å². The molecule has 0 aromatic heterocycles. The number of carbonyl (C=O) groups is 3. The predicted molar refractivity (Wildman–Crippen MR) is 177 cm³/mol. The van der Waals surface area contributed by atoms with Gasteiger partial charge in [-0.05, 0) is 42.9 Å². The van der Waals surface area contributed by atoms with Crippen LogP contribution in [-0.2, 0) is 20.9 Å². The van der Waals surface area contributed by atoms with Gasteiger partial charge < -0.3 is 19.8 Å². The van der Waals surface area contributed by atoms with Crippen LogP contribution < -0.4 is 4.90 Å². The Morgan fingerprint density at radius 1 is 1.14 bits per heavy atom. The molecule has 234 valence electrons. The number of halogens is 1. The van der Waals surface area contributed by atoms with Gasteiger partial charge in [-0.25, -0.2) is 0 Å². The largest absolute Gasteiger partial charge is 0.394 e. The second kappa shape index (κ2) is 13.1. The van der Waals surface area contributed by atoms with Crippen molar-refractivity contribution in [1.29, 1.82) is 0 Å². The first-order chi connectivity index (χ1) is 21.2. The Labute approximate surface area is 269 Å². The van der Waals surface area contributed by atoms with Crippen molar-refractivity contribution in [3.63, 3.8) is 0 Å². The molecule has 0 radical (unpaired) electrons. The van der Waals surface area contributed by atoms with Crippen LogP contribution in [-0.4, -0.2) is 74.4 Å². The van der Waals surface area contributed by atoms with Gasteiger partial charge in [0.15, 0.2) is 0 Å². The number of likely N-dealkylation sites (tertiary alicyclic amines) is 1. The zero-order chi connectivity index (χ0) is 31.8. The summed E-state index contributed by atoms with van der Waals surface area (Å²) in [6.45, 7) is 14.4. The number of hydrogen-bond acceptors (Lipinski definition) is 5. The number of amides is 3.